The largest absolute Gasteiger partial charge is 0.399 e. The number of anilines is 1. The SMILES string of the molecule is CCCc1ccc(S(=O)(=O)NCc2cccc(N)c2)cc1. The molecule has 0 fully saturated rings. The van der Waals surface area contributed by atoms with Gasteiger partial charge in [0.1, 0.15) is 0 Å². The fraction of sp³-hybridized carbons (Fsp3) is 0.250. The highest BCUT2D eigenvalue weighted by Gasteiger charge is 2.13. The molecule has 0 radical (unpaired) electrons. The van der Waals surface area contributed by atoms with E-state index in [1.807, 2.05) is 18.2 Å². The highest BCUT2D eigenvalue weighted by atomic mass is 32.2. The summed E-state index contributed by atoms with van der Waals surface area (Å²) in [5, 5.41) is 0. The van der Waals surface area contributed by atoms with Crippen molar-refractivity contribution in [1.82, 2.24) is 4.72 Å². The predicted octanol–water partition coefficient (Wildman–Crippen LogP) is 2.70. The second-order valence-corrected chi connectivity index (χ2v) is 6.73. The number of sulfonamides is 1. The molecule has 0 heterocycles. The molecule has 3 N–H and O–H groups in total. The van der Waals surface area contributed by atoms with Crippen molar-refractivity contribution in [3.05, 3.63) is 59.7 Å². The number of hydrogen-bond acceptors (Lipinski definition) is 3. The van der Waals surface area contributed by atoms with Crippen molar-refractivity contribution in [2.45, 2.75) is 31.2 Å². The van der Waals surface area contributed by atoms with Gasteiger partial charge >= 0.3 is 0 Å². The zero-order chi connectivity index (χ0) is 15.3. The van der Waals surface area contributed by atoms with E-state index < -0.39 is 10.0 Å². The van der Waals surface area contributed by atoms with Gasteiger partial charge in [0.25, 0.3) is 0 Å². The standard InChI is InChI=1S/C16H20N2O2S/c1-2-4-13-7-9-16(10-8-13)21(19,20)18-12-14-5-3-6-15(17)11-14/h3,5-11,18H,2,4,12,17H2,1H3. The van der Waals surface area contributed by atoms with Gasteiger partial charge in [-0.15, -0.1) is 0 Å². The van der Waals surface area contributed by atoms with Crippen molar-refractivity contribution in [1.29, 1.82) is 0 Å². The Morgan fingerprint density at radius 2 is 1.76 bits per heavy atom. The number of nitrogen functional groups attached to an aromatic ring is 1. The number of benzene rings is 2. The van der Waals surface area contributed by atoms with Crippen LogP contribution in [-0.4, -0.2) is 8.42 Å². The maximum absolute atomic E-state index is 12.2. The van der Waals surface area contributed by atoms with Gasteiger partial charge in [-0.3, -0.25) is 0 Å². The molecule has 0 saturated carbocycles. The molecule has 0 aliphatic heterocycles. The van der Waals surface area contributed by atoms with Crippen LogP contribution in [0.25, 0.3) is 0 Å². The van der Waals surface area contributed by atoms with Gasteiger partial charge in [-0.2, -0.15) is 0 Å². The summed E-state index contributed by atoms with van der Waals surface area (Å²) in [4.78, 5) is 0.284. The summed E-state index contributed by atoms with van der Waals surface area (Å²) in [5.74, 6) is 0. The number of hydrogen-bond donors (Lipinski definition) is 2. The molecule has 2 aromatic rings. The van der Waals surface area contributed by atoms with Gasteiger partial charge in [-0.05, 0) is 41.8 Å². The Labute approximate surface area is 126 Å². The van der Waals surface area contributed by atoms with Crippen LogP contribution in [0.1, 0.15) is 24.5 Å². The molecule has 21 heavy (non-hydrogen) atoms. The lowest BCUT2D eigenvalue weighted by molar-refractivity contribution is 0.581. The van der Waals surface area contributed by atoms with E-state index in [9.17, 15) is 8.42 Å². The van der Waals surface area contributed by atoms with Crippen molar-refractivity contribution in [3.63, 3.8) is 0 Å². The van der Waals surface area contributed by atoms with E-state index in [2.05, 4.69) is 11.6 Å². The first kappa shape index (κ1) is 15.5. The van der Waals surface area contributed by atoms with Crippen molar-refractivity contribution >= 4 is 15.7 Å². The zero-order valence-corrected chi connectivity index (χ0v) is 12.9. The molecular weight excluding hydrogens is 284 g/mol. The minimum Gasteiger partial charge on any atom is -0.399 e. The Balaban J connectivity index is 2.07. The van der Waals surface area contributed by atoms with Crippen LogP contribution in [0.4, 0.5) is 5.69 Å². The van der Waals surface area contributed by atoms with Crippen LogP contribution in [-0.2, 0) is 23.0 Å². The average molecular weight is 304 g/mol. The van der Waals surface area contributed by atoms with Gasteiger partial charge in [0.15, 0.2) is 0 Å². The van der Waals surface area contributed by atoms with Crippen LogP contribution in [0.2, 0.25) is 0 Å². The first-order valence-corrected chi connectivity index (χ1v) is 8.42. The van der Waals surface area contributed by atoms with Crippen molar-refractivity contribution in [2.24, 2.45) is 0 Å². The van der Waals surface area contributed by atoms with Crippen molar-refractivity contribution in [3.8, 4) is 0 Å². The lowest BCUT2D eigenvalue weighted by Crippen LogP contribution is -2.23. The average Bonchev–Trinajstić information content (AvgIpc) is 2.46. The molecule has 0 unspecified atom stereocenters. The Kier molecular flexibility index (Phi) is 4.98. The molecule has 0 aromatic heterocycles. The number of rotatable bonds is 6. The van der Waals surface area contributed by atoms with E-state index in [0.29, 0.717) is 5.69 Å². The highest BCUT2D eigenvalue weighted by Crippen LogP contribution is 2.13. The minimum atomic E-state index is -3.49. The smallest absolute Gasteiger partial charge is 0.240 e. The van der Waals surface area contributed by atoms with Crippen molar-refractivity contribution < 1.29 is 8.42 Å². The van der Waals surface area contributed by atoms with Gasteiger partial charge in [0.2, 0.25) is 10.0 Å². The maximum atomic E-state index is 12.2. The topological polar surface area (TPSA) is 72.2 Å². The van der Waals surface area contributed by atoms with Gasteiger partial charge < -0.3 is 5.73 Å². The summed E-state index contributed by atoms with van der Waals surface area (Å²) in [7, 11) is -3.49. The second-order valence-electron chi connectivity index (χ2n) is 4.96. The molecule has 0 bridgehead atoms. The van der Waals surface area contributed by atoms with Gasteiger partial charge in [0, 0.05) is 12.2 Å². The van der Waals surface area contributed by atoms with E-state index >= 15 is 0 Å². The van der Waals surface area contributed by atoms with E-state index in [1.54, 1.807) is 30.3 Å². The summed E-state index contributed by atoms with van der Waals surface area (Å²) in [6.07, 6.45) is 2.00. The molecule has 112 valence electrons. The quantitative estimate of drug-likeness (QED) is 0.806. The molecule has 5 heteroatoms. The first-order valence-electron chi connectivity index (χ1n) is 6.94. The number of nitrogens with one attached hydrogen (secondary N) is 1. The monoisotopic (exact) mass is 304 g/mol. The molecule has 0 amide bonds. The summed E-state index contributed by atoms with van der Waals surface area (Å²) in [5.41, 5.74) is 8.28. The first-order chi connectivity index (χ1) is 10.0. The Hall–Kier alpha value is -1.85. The van der Waals surface area contributed by atoms with Gasteiger partial charge in [-0.1, -0.05) is 37.6 Å². The normalized spacial score (nSPS) is 11.5. The minimum absolute atomic E-state index is 0.226. The third-order valence-electron chi connectivity index (χ3n) is 3.19. The fourth-order valence-corrected chi connectivity index (χ4v) is 3.11. The van der Waals surface area contributed by atoms with Crippen LogP contribution >= 0.6 is 0 Å². The summed E-state index contributed by atoms with van der Waals surface area (Å²) >= 11 is 0. The van der Waals surface area contributed by atoms with Crippen molar-refractivity contribution in [2.75, 3.05) is 5.73 Å². The summed E-state index contributed by atoms with van der Waals surface area (Å²) in [6.45, 7) is 2.32. The molecule has 2 aromatic carbocycles. The van der Waals surface area contributed by atoms with Crippen LogP contribution < -0.4 is 10.5 Å². The zero-order valence-electron chi connectivity index (χ0n) is 12.0. The molecule has 2 rings (SSSR count). The molecular formula is C16H20N2O2S. The third-order valence-corrected chi connectivity index (χ3v) is 4.61. The molecule has 0 aliphatic carbocycles. The van der Waals surface area contributed by atoms with E-state index in [4.69, 9.17) is 5.73 Å². The lowest BCUT2D eigenvalue weighted by Gasteiger charge is -2.08. The number of nitrogens with two attached hydrogens (primary N) is 1. The third kappa shape index (κ3) is 4.31. The van der Waals surface area contributed by atoms with Gasteiger partial charge in [0.05, 0.1) is 4.90 Å². The molecule has 0 spiro atoms. The molecule has 0 aliphatic rings. The van der Waals surface area contributed by atoms with Crippen LogP contribution in [0.5, 0.6) is 0 Å². The van der Waals surface area contributed by atoms with Gasteiger partial charge in [-0.25, -0.2) is 13.1 Å². The summed E-state index contributed by atoms with van der Waals surface area (Å²) in [6, 6.07) is 14.2. The Bertz CT molecular complexity index is 694. The maximum Gasteiger partial charge on any atom is 0.240 e. The number of aryl methyl sites for hydroxylation is 1. The lowest BCUT2D eigenvalue weighted by atomic mass is 10.1. The molecule has 0 saturated heterocycles. The Morgan fingerprint density at radius 1 is 1.05 bits per heavy atom. The molecule has 0 atom stereocenters. The second kappa shape index (κ2) is 6.74. The van der Waals surface area contributed by atoms with E-state index in [0.717, 1.165) is 24.0 Å². The van der Waals surface area contributed by atoms with Crippen LogP contribution in [0, 0.1) is 0 Å². The van der Waals surface area contributed by atoms with E-state index in [-0.39, 0.29) is 11.4 Å². The fourth-order valence-electron chi connectivity index (χ4n) is 2.09. The van der Waals surface area contributed by atoms with Crippen LogP contribution in [0.15, 0.2) is 53.4 Å². The molecule has 4 nitrogen and oxygen atoms in total. The van der Waals surface area contributed by atoms with E-state index in [1.165, 1.54) is 0 Å². The Morgan fingerprint density at radius 3 is 2.38 bits per heavy atom. The highest BCUT2D eigenvalue weighted by molar-refractivity contribution is 7.89. The van der Waals surface area contributed by atoms with Crippen LogP contribution in [0.3, 0.4) is 0 Å². The predicted molar refractivity (Wildman–Crippen MR) is 85.3 cm³/mol. The summed E-state index contributed by atoms with van der Waals surface area (Å²) < 4.78 is 27.0.